The van der Waals surface area contributed by atoms with Crippen molar-refractivity contribution in [1.29, 1.82) is 5.26 Å². The molecule has 16 heavy (non-hydrogen) atoms. The molecule has 3 nitrogen and oxygen atoms in total. The first-order valence-corrected chi connectivity index (χ1v) is 6.26. The monoisotopic (exact) mass is 225 g/mol. The third-order valence-corrected chi connectivity index (χ3v) is 3.72. The second kappa shape index (κ2) is 5.65. The van der Waals surface area contributed by atoms with Gasteiger partial charge < -0.3 is 9.84 Å². The Morgan fingerprint density at radius 1 is 1.31 bits per heavy atom. The van der Waals surface area contributed by atoms with E-state index in [1.807, 2.05) is 13.8 Å². The molecule has 0 saturated heterocycles. The summed E-state index contributed by atoms with van der Waals surface area (Å²) < 4.78 is 5.78. The molecule has 1 aliphatic carbocycles. The average molecular weight is 225 g/mol. The van der Waals surface area contributed by atoms with Crippen molar-refractivity contribution in [2.75, 3.05) is 0 Å². The molecule has 1 N–H and O–H groups in total. The van der Waals surface area contributed by atoms with Crippen LogP contribution < -0.4 is 0 Å². The van der Waals surface area contributed by atoms with Crippen LogP contribution in [-0.4, -0.2) is 22.9 Å². The van der Waals surface area contributed by atoms with Gasteiger partial charge in [-0.15, -0.1) is 0 Å². The molecule has 0 spiro atoms. The fraction of sp³-hybridized carbons (Fsp3) is 0.923. The molecule has 92 valence electrons. The maximum Gasteiger partial charge on any atom is 0.154 e. The highest BCUT2D eigenvalue weighted by Gasteiger charge is 2.38. The van der Waals surface area contributed by atoms with Crippen molar-refractivity contribution in [1.82, 2.24) is 0 Å². The summed E-state index contributed by atoms with van der Waals surface area (Å²) in [5, 5.41) is 18.8. The lowest BCUT2D eigenvalue weighted by Gasteiger charge is -2.37. The van der Waals surface area contributed by atoms with E-state index in [0.29, 0.717) is 5.92 Å². The van der Waals surface area contributed by atoms with Gasteiger partial charge >= 0.3 is 0 Å². The predicted octanol–water partition coefficient (Wildman–Crippen LogP) is 2.63. The number of hydrogen-bond donors (Lipinski definition) is 1. The van der Waals surface area contributed by atoms with E-state index in [1.54, 1.807) is 6.92 Å². The number of aliphatic hydroxyl groups is 1. The summed E-state index contributed by atoms with van der Waals surface area (Å²) in [5.74, 6) is 0.312. The highest BCUT2D eigenvalue weighted by molar-refractivity contribution is 5.04. The predicted molar refractivity (Wildman–Crippen MR) is 62.8 cm³/mol. The third kappa shape index (κ3) is 3.20. The van der Waals surface area contributed by atoms with E-state index < -0.39 is 11.7 Å². The minimum Gasteiger partial charge on any atom is -0.391 e. The zero-order valence-electron chi connectivity index (χ0n) is 10.6. The molecule has 0 radical (unpaired) electrons. The smallest absolute Gasteiger partial charge is 0.154 e. The lowest BCUT2D eigenvalue weighted by Crippen LogP contribution is -2.42. The number of nitriles is 1. The van der Waals surface area contributed by atoms with E-state index in [1.165, 1.54) is 19.3 Å². The van der Waals surface area contributed by atoms with E-state index in [4.69, 9.17) is 4.74 Å². The number of aliphatic hydroxyl groups excluding tert-OH is 1. The second-order valence-electron chi connectivity index (χ2n) is 5.12. The molecule has 3 heteroatoms. The van der Waals surface area contributed by atoms with Gasteiger partial charge in [-0.1, -0.05) is 19.3 Å². The molecule has 0 aromatic heterocycles. The Labute approximate surface area is 98.4 Å². The average Bonchev–Trinajstić information content (AvgIpc) is 2.29. The quantitative estimate of drug-likeness (QED) is 0.800. The Bertz CT molecular complexity index is 253. The van der Waals surface area contributed by atoms with Crippen LogP contribution in [0, 0.1) is 17.2 Å². The highest BCUT2D eigenvalue weighted by atomic mass is 16.5. The minimum absolute atomic E-state index is 0.286. The maximum atomic E-state index is 9.44. The summed E-state index contributed by atoms with van der Waals surface area (Å²) in [4.78, 5) is 0. The SMILES string of the molecule is CC(O)C(C)OC(C)(C#N)C1CCCCC1. The standard InChI is InChI=1S/C13H23NO2/c1-10(15)11(2)16-13(3,9-14)12-7-5-4-6-8-12/h10-12,15H,4-8H2,1-3H3. The summed E-state index contributed by atoms with van der Waals surface area (Å²) in [6.45, 7) is 5.38. The molecule has 1 rings (SSSR count). The lowest BCUT2D eigenvalue weighted by atomic mass is 9.78. The van der Waals surface area contributed by atoms with Crippen molar-refractivity contribution in [2.24, 2.45) is 5.92 Å². The van der Waals surface area contributed by atoms with Gasteiger partial charge in [-0.3, -0.25) is 0 Å². The van der Waals surface area contributed by atoms with Gasteiger partial charge in [0.25, 0.3) is 0 Å². The number of ether oxygens (including phenoxy) is 1. The Morgan fingerprint density at radius 2 is 1.88 bits per heavy atom. The van der Waals surface area contributed by atoms with E-state index in [-0.39, 0.29) is 6.10 Å². The van der Waals surface area contributed by atoms with Crippen molar-refractivity contribution in [2.45, 2.75) is 70.7 Å². The first kappa shape index (κ1) is 13.5. The molecule has 0 aliphatic heterocycles. The fourth-order valence-corrected chi connectivity index (χ4v) is 2.35. The van der Waals surface area contributed by atoms with E-state index in [9.17, 15) is 10.4 Å². The number of nitrogens with zero attached hydrogens (tertiary/aromatic N) is 1. The van der Waals surface area contributed by atoms with Crippen LogP contribution in [0.4, 0.5) is 0 Å². The molecular weight excluding hydrogens is 202 g/mol. The van der Waals surface area contributed by atoms with Crippen molar-refractivity contribution in [3.8, 4) is 6.07 Å². The zero-order chi connectivity index (χ0) is 12.2. The van der Waals surface area contributed by atoms with Crippen LogP contribution in [-0.2, 0) is 4.74 Å². The number of rotatable bonds is 4. The Hall–Kier alpha value is -0.590. The fourth-order valence-electron chi connectivity index (χ4n) is 2.35. The van der Waals surface area contributed by atoms with Gasteiger partial charge in [-0.05, 0) is 33.6 Å². The molecule has 1 aliphatic rings. The highest BCUT2D eigenvalue weighted by Crippen LogP contribution is 2.35. The summed E-state index contributed by atoms with van der Waals surface area (Å²) >= 11 is 0. The van der Waals surface area contributed by atoms with Gasteiger partial charge in [0, 0.05) is 5.92 Å². The van der Waals surface area contributed by atoms with Crippen LogP contribution in [0.25, 0.3) is 0 Å². The van der Waals surface area contributed by atoms with E-state index in [0.717, 1.165) is 12.8 Å². The molecule has 3 unspecified atom stereocenters. The van der Waals surface area contributed by atoms with Crippen LogP contribution >= 0.6 is 0 Å². The first-order valence-electron chi connectivity index (χ1n) is 6.26. The van der Waals surface area contributed by atoms with Crippen LogP contribution in [0.2, 0.25) is 0 Å². The van der Waals surface area contributed by atoms with Gasteiger partial charge in [-0.2, -0.15) is 5.26 Å². The third-order valence-electron chi connectivity index (χ3n) is 3.72. The van der Waals surface area contributed by atoms with Gasteiger partial charge in [0.2, 0.25) is 0 Å². The van der Waals surface area contributed by atoms with Crippen molar-refractivity contribution in [3.63, 3.8) is 0 Å². The largest absolute Gasteiger partial charge is 0.391 e. The molecule has 0 heterocycles. The molecule has 3 atom stereocenters. The van der Waals surface area contributed by atoms with Gasteiger partial charge in [-0.25, -0.2) is 0 Å². The van der Waals surface area contributed by atoms with Crippen molar-refractivity contribution < 1.29 is 9.84 Å². The summed E-state index contributed by atoms with van der Waals surface area (Å²) in [6, 6.07) is 2.30. The molecular formula is C13H23NO2. The molecule has 0 bridgehead atoms. The summed E-state index contributed by atoms with van der Waals surface area (Å²) in [6.07, 6.45) is 4.96. The van der Waals surface area contributed by atoms with Gasteiger partial charge in [0.05, 0.1) is 18.3 Å². The maximum absolute atomic E-state index is 9.44. The Kier molecular flexibility index (Phi) is 4.76. The molecule has 0 aromatic carbocycles. The van der Waals surface area contributed by atoms with Crippen LogP contribution in [0.15, 0.2) is 0 Å². The minimum atomic E-state index is -0.739. The van der Waals surface area contributed by atoms with Crippen LogP contribution in [0.1, 0.15) is 52.9 Å². The van der Waals surface area contributed by atoms with E-state index >= 15 is 0 Å². The number of hydrogen-bond acceptors (Lipinski definition) is 3. The lowest BCUT2D eigenvalue weighted by molar-refractivity contribution is -0.117. The Balaban J connectivity index is 2.65. The molecule has 1 saturated carbocycles. The molecule has 0 aromatic rings. The summed E-state index contributed by atoms with van der Waals surface area (Å²) in [7, 11) is 0. The normalized spacial score (nSPS) is 25.4. The van der Waals surface area contributed by atoms with Crippen LogP contribution in [0.5, 0.6) is 0 Å². The van der Waals surface area contributed by atoms with Gasteiger partial charge in [0.15, 0.2) is 5.60 Å². The van der Waals surface area contributed by atoms with E-state index in [2.05, 4.69) is 6.07 Å². The van der Waals surface area contributed by atoms with Crippen LogP contribution in [0.3, 0.4) is 0 Å². The molecule has 0 amide bonds. The topological polar surface area (TPSA) is 53.2 Å². The summed E-state index contributed by atoms with van der Waals surface area (Å²) in [5.41, 5.74) is -0.739. The van der Waals surface area contributed by atoms with Gasteiger partial charge in [0.1, 0.15) is 0 Å². The second-order valence-corrected chi connectivity index (χ2v) is 5.12. The van der Waals surface area contributed by atoms with Crippen molar-refractivity contribution in [3.05, 3.63) is 0 Å². The first-order chi connectivity index (χ1) is 7.49. The molecule has 1 fully saturated rings. The Morgan fingerprint density at radius 3 is 2.31 bits per heavy atom. The zero-order valence-corrected chi connectivity index (χ0v) is 10.6. The van der Waals surface area contributed by atoms with Crippen molar-refractivity contribution >= 4 is 0 Å².